The molecule has 3 N–H and O–H groups in total. The summed E-state index contributed by atoms with van der Waals surface area (Å²) in [7, 11) is 0. The van der Waals surface area contributed by atoms with Crippen LogP contribution in [0.3, 0.4) is 0 Å². The number of carbonyl (C=O) groups is 2. The number of nitrogens with one attached hydrogen (secondary N) is 1. The van der Waals surface area contributed by atoms with Crippen LogP contribution in [0.15, 0.2) is 0 Å². The van der Waals surface area contributed by atoms with Crippen LogP contribution in [-0.2, 0) is 4.79 Å². The normalized spacial score (nSPS) is 19.0. The highest BCUT2D eigenvalue weighted by molar-refractivity contribution is 7.80. The number of carbonyl (C=O) groups excluding carboxylic acids is 2. The molecule has 3 amide bonds. The lowest BCUT2D eigenvalue weighted by atomic mass is 9.88. The number of nitrogens with two attached hydrogens (primary N) is 1. The molecule has 5 nitrogen and oxygen atoms in total. The topological polar surface area (TPSA) is 75.4 Å². The molecule has 1 fully saturated rings. The minimum absolute atomic E-state index is 0.180. The number of imide groups is 1. The molecule has 1 saturated heterocycles. The summed E-state index contributed by atoms with van der Waals surface area (Å²) in [6, 6.07) is -0.321. The molecule has 0 aromatic carbocycles. The Morgan fingerprint density at radius 3 is 2.39 bits per heavy atom. The van der Waals surface area contributed by atoms with Crippen LogP contribution in [0.5, 0.6) is 0 Å². The Kier molecular flexibility index (Phi) is 4.00. The molecule has 0 radical (unpaired) electrons. The van der Waals surface area contributed by atoms with Crippen molar-refractivity contribution in [3.8, 4) is 0 Å². The van der Waals surface area contributed by atoms with Crippen molar-refractivity contribution in [3.63, 3.8) is 0 Å². The Labute approximate surface area is 113 Å². The lowest BCUT2D eigenvalue weighted by Crippen LogP contribution is -2.40. The van der Waals surface area contributed by atoms with E-state index in [1.165, 1.54) is 4.90 Å². The molecule has 102 valence electrons. The smallest absolute Gasteiger partial charge is 0.325 e. The highest BCUT2D eigenvalue weighted by Crippen LogP contribution is 2.24. The van der Waals surface area contributed by atoms with Crippen LogP contribution in [0.4, 0.5) is 4.79 Å². The average molecular weight is 271 g/mol. The van der Waals surface area contributed by atoms with Gasteiger partial charge in [0.1, 0.15) is 5.54 Å². The molecule has 0 bridgehead atoms. The van der Waals surface area contributed by atoms with E-state index in [1.807, 2.05) is 13.8 Å². The summed E-state index contributed by atoms with van der Waals surface area (Å²) in [5, 5.41) is 2.65. The summed E-state index contributed by atoms with van der Waals surface area (Å²) >= 11 is 4.98. The molecular weight excluding hydrogens is 250 g/mol. The van der Waals surface area contributed by atoms with Crippen molar-refractivity contribution >= 4 is 29.1 Å². The van der Waals surface area contributed by atoms with Crippen LogP contribution in [0.1, 0.15) is 40.5 Å². The van der Waals surface area contributed by atoms with Gasteiger partial charge < -0.3 is 11.1 Å². The number of hydrogen-bond donors (Lipinski definition) is 2. The maximum atomic E-state index is 11.9. The fourth-order valence-electron chi connectivity index (χ4n) is 1.82. The molecule has 0 saturated carbocycles. The van der Waals surface area contributed by atoms with E-state index < -0.39 is 5.54 Å². The van der Waals surface area contributed by atoms with Crippen molar-refractivity contribution in [1.29, 1.82) is 0 Å². The number of nitrogens with zero attached hydrogens (tertiary/aromatic N) is 1. The average Bonchev–Trinajstić information content (AvgIpc) is 2.39. The Bertz CT molecular complexity index is 391. The minimum Gasteiger partial charge on any atom is -0.393 e. The van der Waals surface area contributed by atoms with Crippen molar-refractivity contribution in [2.75, 3.05) is 6.54 Å². The third-order valence-electron chi connectivity index (χ3n) is 3.29. The van der Waals surface area contributed by atoms with Crippen LogP contribution in [-0.4, -0.2) is 33.9 Å². The number of thiocarbonyl (C=S) groups is 1. The van der Waals surface area contributed by atoms with Crippen molar-refractivity contribution in [2.24, 2.45) is 11.1 Å². The summed E-state index contributed by atoms with van der Waals surface area (Å²) in [5.74, 6) is -0.180. The van der Waals surface area contributed by atoms with Gasteiger partial charge in [0.15, 0.2) is 0 Å². The third kappa shape index (κ3) is 2.98. The van der Waals surface area contributed by atoms with Crippen molar-refractivity contribution in [3.05, 3.63) is 0 Å². The lowest BCUT2D eigenvalue weighted by molar-refractivity contribution is -0.130. The quantitative estimate of drug-likeness (QED) is 0.585. The van der Waals surface area contributed by atoms with Crippen LogP contribution in [0.2, 0.25) is 0 Å². The molecule has 0 unspecified atom stereocenters. The van der Waals surface area contributed by atoms with Gasteiger partial charge in [-0.25, -0.2) is 4.79 Å². The summed E-state index contributed by atoms with van der Waals surface area (Å²) in [4.78, 5) is 25.3. The number of urea groups is 1. The highest BCUT2D eigenvalue weighted by atomic mass is 32.1. The zero-order valence-corrected chi connectivity index (χ0v) is 12.2. The lowest BCUT2D eigenvalue weighted by Gasteiger charge is -2.24. The fourth-order valence-corrected chi connectivity index (χ4v) is 1.93. The van der Waals surface area contributed by atoms with Gasteiger partial charge in [0.05, 0.1) is 4.99 Å². The van der Waals surface area contributed by atoms with Gasteiger partial charge in [0, 0.05) is 12.0 Å². The van der Waals surface area contributed by atoms with Gasteiger partial charge in [-0.15, -0.1) is 0 Å². The van der Waals surface area contributed by atoms with Gasteiger partial charge in [-0.1, -0.05) is 26.1 Å². The molecule has 1 aliphatic rings. The Balaban J connectivity index is 2.53. The molecule has 0 aromatic heterocycles. The first kappa shape index (κ1) is 14.9. The van der Waals surface area contributed by atoms with Gasteiger partial charge in [-0.2, -0.15) is 0 Å². The second kappa shape index (κ2) is 4.84. The molecule has 18 heavy (non-hydrogen) atoms. The fraction of sp³-hybridized carbons (Fsp3) is 0.750. The van der Waals surface area contributed by atoms with E-state index in [1.54, 1.807) is 13.8 Å². The van der Waals surface area contributed by atoms with E-state index >= 15 is 0 Å². The first-order valence-electron chi connectivity index (χ1n) is 6.02. The second-order valence-electron chi connectivity index (χ2n) is 5.86. The molecule has 1 rings (SSSR count). The van der Waals surface area contributed by atoms with Gasteiger partial charge in [-0.05, 0) is 26.7 Å². The molecule has 0 aromatic rings. The molecule has 1 heterocycles. The third-order valence-corrected chi connectivity index (χ3v) is 3.85. The van der Waals surface area contributed by atoms with E-state index in [0.29, 0.717) is 18.0 Å². The minimum atomic E-state index is -0.796. The first-order chi connectivity index (χ1) is 8.08. The van der Waals surface area contributed by atoms with Crippen molar-refractivity contribution in [2.45, 2.75) is 46.1 Å². The van der Waals surface area contributed by atoms with E-state index in [-0.39, 0.29) is 17.4 Å². The molecular formula is C12H21N3O2S. The Morgan fingerprint density at radius 1 is 1.44 bits per heavy atom. The van der Waals surface area contributed by atoms with E-state index in [2.05, 4.69) is 5.32 Å². The zero-order chi connectivity index (χ0) is 14.1. The molecule has 0 atom stereocenters. The van der Waals surface area contributed by atoms with E-state index in [9.17, 15) is 9.59 Å². The summed E-state index contributed by atoms with van der Waals surface area (Å²) in [6.07, 6.45) is 1.44. The maximum Gasteiger partial charge on any atom is 0.325 e. The van der Waals surface area contributed by atoms with Gasteiger partial charge in [0.25, 0.3) is 5.91 Å². The van der Waals surface area contributed by atoms with Crippen molar-refractivity contribution < 1.29 is 9.59 Å². The molecule has 6 heteroatoms. The Morgan fingerprint density at radius 2 is 2.00 bits per heavy atom. The highest BCUT2D eigenvalue weighted by Gasteiger charge is 2.43. The first-order valence-corrected chi connectivity index (χ1v) is 6.43. The zero-order valence-electron chi connectivity index (χ0n) is 11.4. The predicted octanol–water partition coefficient (Wildman–Crippen LogP) is 1.41. The Hall–Kier alpha value is -1.17. The van der Waals surface area contributed by atoms with Gasteiger partial charge in [0.2, 0.25) is 0 Å². The van der Waals surface area contributed by atoms with Crippen LogP contribution in [0, 0.1) is 5.41 Å². The molecule has 0 aliphatic carbocycles. The number of rotatable bonds is 5. The maximum absolute atomic E-state index is 11.9. The second-order valence-corrected chi connectivity index (χ2v) is 6.30. The molecule has 0 spiro atoms. The summed E-state index contributed by atoms with van der Waals surface area (Å²) < 4.78 is 0. The molecule has 1 aliphatic heterocycles. The van der Waals surface area contributed by atoms with Gasteiger partial charge in [-0.3, -0.25) is 9.69 Å². The van der Waals surface area contributed by atoms with Crippen LogP contribution >= 0.6 is 12.2 Å². The van der Waals surface area contributed by atoms with Gasteiger partial charge >= 0.3 is 6.03 Å². The number of amides is 3. The van der Waals surface area contributed by atoms with E-state index in [0.717, 1.165) is 6.42 Å². The number of hydrogen-bond acceptors (Lipinski definition) is 3. The van der Waals surface area contributed by atoms with Crippen molar-refractivity contribution in [1.82, 2.24) is 10.2 Å². The largest absolute Gasteiger partial charge is 0.393 e. The standard InChI is InChI=1S/C12H21N3O2S/c1-11(2,8(13)18)6-5-7-15-9(16)12(3,4)14-10(15)17/h5-7H2,1-4H3,(H2,13,18)(H,14,17). The summed E-state index contributed by atoms with van der Waals surface area (Å²) in [5.41, 5.74) is 4.59. The summed E-state index contributed by atoms with van der Waals surface area (Å²) in [6.45, 7) is 7.73. The van der Waals surface area contributed by atoms with Crippen LogP contribution in [0.25, 0.3) is 0 Å². The monoisotopic (exact) mass is 271 g/mol. The SMILES string of the molecule is CC(C)(CCCN1C(=O)NC(C)(C)C1=O)C(N)=S. The predicted molar refractivity (Wildman–Crippen MR) is 74.1 cm³/mol. The van der Waals surface area contributed by atoms with E-state index in [4.69, 9.17) is 18.0 Å². The van der Waals surface area contributed by atoms with Crippen LogP contribution < -0.4 is 11.1 Å².